The number of hydrogen-bond acceptors (Lipinski definition) is 4. The zero-order valence-corrected chi connectivity index (χ0v) is 12.1. The van der Waals surface area contributed by atoms with Crippen LogP contribution in [0.25, 0.3) is 0 Å². The van der Waals surface area contributed by atoms with Crippen molar-refractivity contribution in [2.24, 2.45) is 5.92 Å². The predicted octanol–water partition coefficient (Wildman–Crippen LogP) is 2.67. The fraction of sp³-hybridized carbons (Fsp3) is 0.667. The van der Waals surface area contributed by atoms with Gasteiger partial charge in [-0.2, -0.15) is 0 Å². The van der Waals surface area contributed by atoms with E-state index in [-0.39, 0.29) is 11.9 Å². The molecule has 4 nitrogen and oxygen atoms in total. The highest BCUT2D eigenvalue weighted by atomic mass is 16.5. The average molecular weight is 265 g/mol. The van der Waals surface area contributed by atoms with Crippen LogP contribution in [0.2, 0.25) is 0 Å². The Hall–Kier alpha value is -1.29. The molecule has 0 spiro atoms. The first kappa shape index (κ1) is 14.1. The Balaban J connectivity index is 1.92. The van der Waals surface area contributed by atoms with Crippen LogP contribution < -0.4 is 0 Å². The van der Waals surface area contributed by atoms with Crippen molar-refractivity contribution in [2.75, 3.05) is 19.7 Å². The van der Waals surface area contributed by atoms with E-state index < -0.39 is 0 Å². The molecule has 106 valence electrons. The van der Waals surface area contributed by atoms with Crippen LogP contribution in [0.1, 0.15) is 36.8 Å². The zero-order chi connectivity index (χ0) is 13.8. The molecule has 2 rings (SSSR count). The number of hydrogen-bond donors (Lipinski definition) is 0. The second-order valence-corrected chi connectivity index (χ2v) is 5.28. The van der Waals surface area contributed by atoms with Crippen LogP contribution in [0.3, 0.4) is 0 Å². The number of carbonyl (C=O) groups excluding carboxylic acids is 1. The first-order valence-electron chi connectivity index (χ1n) is 7.05. The largest absolute Gasteiger partial charge is 0.466 e. The molecule has 0 radical (unpaired) electrons. The first-order chi connectivity index (χ1) is 9.10. The highest BCUT2D eigenvalue weighted by molar-refractivity contribution is 5.72. The summed E-state index contributed by atoms with van der Waals surface area (Å²) in [6, 6.07) is 2.09. The minimum Gasteiger partial charge on any atom is -0.466 e. The van der Waals surface area contributed by atoms with Gasteiger partial charge in [-0.25, -0.2) is 0 Å². The summed E-state index contributed by atoms with van der Waals surface area (Å²) in [7, 11) is 0. The molecule has 19 heavy (non-hydrogen) atoms. The SMILES string of the molecule is CCOC(=O)C1CCCN(Cc2cc(C)c(C)o2)C1. The van der Waals surface area contributed by atoms with Crippen LogP contribution in [0.5, 0.6) is 0 Å². The van der Waals surface area contributed by atoms with Gasteiger partial charge in [0.25, 0.3) is 0 Å². The van der Waals surface area contributed by atoms with E-state index in [1.807, 2.05) is 13.8 Å². The standard InChI is InChI=1S/C15H23NO3/c1-4-18-15(17)13-6-5-7-16(9-13)10-14-8-11(2)12(3)19-14/h8,13H,4-7,9-10H2,1-3H3. The van der Waals surface area contributed by atoms with E-state index in [0.29, 0.717) is 6.61 Å². The molecule has 0 saturated carbocycles. The van der Waals surface area contributed by atoms with Crippen molar-refractivity contribution in [2.45, 2.75) is 40.2 Å². The fourth-order valence-electron chi connectivity index (χ4n) is 2.60. The van der Waals surface area contributed by atoms with Gasteiger partial charge in [0, 0.05) is 6.54 Å². The van der Waals surface area contributed by atoms with Crippen LogP contribution in [0.15, 0.2) is 10.5 Å². The third-order valence-corrected chi connectivity index (χ3v) is 3.72. The summed E-state index contributed by atoms with van der Waals surface area (Å²) < 4.78 is 10.8. The van der Waals surface area contributed by atoms with Gasteiger partial charge in [0.1, 0.15) is 11.5 Å². The highest BCUT2D eigenvalue weighted by Gasteiger charge is 2.27. The van der Waals surface area contributed by atoms with Gasteiger partial charge < -0.3 is 9.15 Å². The Labute approximate surface area is 114 Å². The smallest absolute Gasteiger partial charge is 0.310 e. The number of likely N-dealkylation sites (tertiary alicyclic amines) is 1. The van der Waals surface area contributed by atoms with Crippen LogP contribution in [0, 0.1) is 19.8 Å². The number of furan rings is 1. The third-order valence-electron chi connectivity index (χ3n) is 3.72. The van der Waals surface area contributed by atoms with Crippen molar-refractivity contribution in [1.82, 2.24) is 4.90 Å². The topological polar surface area (TPSA) is 42.7 Å². The van der Waals surface area contributed by atoms with Crippen molar-refractivity contribution in [3.05, 3.63) is 23.2 Å². The van der Waals surface area contributed by atoms with Crippen LogP contribution in [-0.4, -0.2) is 30.6 Å². The Morgan fingerprint density at radius 1 is 1.53 bits per heavy atom. The van der Waals surface area contributed by atoms with Gasteiger partial charge in [-0.1, -0.05) is 0 Å². The molecule has 1 unspecified atom stereocenters. The van der Waals surface area contributed by atoms with E-state index in [2.05, 4.69) is 17.9 Å². The van der Waals surface area contributed by atoms with Gasteiger partial charge in [0.15, 0.2) is 0 Å². The molecule has 0 amide bonds. The molecule has 1 aliphatic rings. The van der Waals surface area contributed by atoms with Crippen molar-refractivity contribution >= 4 is 5.97 Å². The number of aryl methyl sites for hydroxylation is 2. The Morgan fingerprint density at radius 2 is 2.32 bits per heavy atom. The lowest BCUT2D eigenvalue weighted by molar-refractivity contribution is -0.150. The molecular weight excluding hydrogens is 242 g/mol. The third kappa shape index (κ3) is 3.60. The van der Waals surface area contributed by atoms with Crippen LogP contribution >= 0.6 is 0 Å². The lowest BCUT2D eigenvalue weighted by Crippen LogP contribution is -2.38. The molecule has 1 atom stereocenters. The molecule has 1 aliphatic heterocycles. The maximum absolute atomic E-state index is 11.8. The molecule has 4 heteroatoms. The molecule has 1 aromatic heterocycles. The van der Waals surface area contributed by atoms with Crippen molar-refractivity contribution in [3.8, 4) is 0 Å². The lowest BCUT2D eigenvalue weighted by atomic mass is 9.98. The molecule has 1 fully saturated rings. The van der Waals surface area contributed by atoms with E-state index in [0.717, 1.165) is 44.0 Å². The van der Waals surface area contributed by atoms with Gasteiger partial charge >= 0.3 is 5.97 Å². The summed E-state index contributed by atoms with van der Waals surface area (Å²) in [5, 5.41) is 0. The maximum atomic E-state index is 11.8. The van der Waals surface area contributed by atoms with Gasteiger partial charge in [-0.05, 0) is 51.8 Å². The Morgan fingerprint density at radius 3 is 2.95 bits per heavy atom. The molecule has 1 saturated heterocycles. The minimum atomic E-state index is -0.0565. The zero-order valence-electron chi connectivity index (χ0n) is 12.1. The Bertz CT molecular complexity index is 419. The summed E-state index contributed by atoms with van der Waals surface area (Å²) in [5.74, 6) is 1.93. The van der Waals surface area contributed by atoms with Crippen molar-refractivity contribution in [3.63, 3.8) is 0 Å². The fourth-order valence-corrected chi connectivity index (χ4v) is 2.60. The first-order valence-corrected chi connectivity index (χ1v) is 7.05. The van der Waals surface area contributed by atoms with Crippen molar-refractivity contribution < 1.29 is 13.9 Å². The van der Waals surface area contributed by atoms with Crippen molar-refractivity contribution in [1.29, 1.82) is 0 Å². The normalized spacial score (nSPS) is 20.5. The Kier molecular flexibility index (Phi) is 4.64. The monoisotopic (exact) mass is 265 g/mol. The van der Waals surface area contributed by atoms with E-state index in [1.165, 1.54) is 5.56 Å². The van der Waals surface area contributed by atoms with E-state index >= 15 is 0 Å². The minimum absolute atomic E-state index is 0.0193. The maximum Gasteiger partial charge on any atom is 0.310 e. The van der Waals surface area contributed by atoms with Crippen LogP contribution in [-0.2, 0) is 16.1 Å². The van der Waals surface area contributed by atoms with Gasteiger partial charge in [0.2, 0.25) is 0 Å². The molecule has 0 bridgehead atoms. The number of nitrogens with zero attached hydrogens (tertiary/aromatic N) is 1. The molecule has 2 heterocycles. The summed E-state index contributed by atoms with van der Waals surface area (Å²) in [4.78, 5) is 14.1. The summed E-state index contributed by atoms with van der Waals surface area (Å²) in [6.07, 6.45) is 1.98. The average Bonchev–Trinajstić information content (AvgIpc) is 2.69. The number of piperidine rings is 1. The number of rotatable bonds is 4. The molecular formula is C15H23NO3. The molecule has 1 aromatic rings. The lowest BCUT2D eigenvalue weighted by Gasteiger charge is -2.30. The van der Waals surface area contributed by atoms with E-state index in [9.17, 15) is 4.79 Å². The molecule has 0 N–H and O–H groups in total. The quantitative estimate of drug-likeness (QED) is 0.785. The summed E-state index contributed by atoms with van der Waals surface area (Å²) >= 11 is 0. The number of carbonyl (C=O) groups is 1. The van der Waals surface area contributed by atoms with Crippen LogP contribution in [0.4, 0.5) is 0 Å². The summed E-state index contributed by atoms with van der Waals surface area (Å²) in [5.41, 5.74) is 1.19. The van der Waals surface area contributed by atoms with Gasteiger partial charge in [0.05, 0.1) is 19.1 Å². The second kappa shape index (κ2) is 6.24. The second-order valence-electron chi connectivity index (χ2n) is 5.28. The molecule has 0 aliphatic carbocycles. The number of esters is 1. The van der Waals surface area contributed by atoms with Gasteiger partial charge in [-0.15, -0.1) is 0 Å². The predicted molar refractivity (Wildman–Crippen MR) is 72.8 cm³/mol. The highest BCUT2D eigenvalue weighted by Crippen LogP contribution is 2.21. The number of ether oxygens (including phenoxy) is 1. The van der Waals surface area contributed by atoms with Gasteiger partial charge in [-0.3, -0.25) is 9.69 Å². The van der Waals surface area contributed by atoms with E-state index in [4.69, 9.17) is 9.15 Å². The van der Waals surface area contributed by atoms with E-state index in [1.54, 1.807) is 0 Å². The molecule has 0 aromatic carbocycles. The summed E-state index contributed by atoms with van der Waals surface area (Å²) in [6.45, 7) is 8.94.